The molecule has 0 spiro atoms. The van der Waals surface area contributed by atoms with Crippen LogP contribution in [0.4, 0.5) is 0 Å². The van der Waals surface area contributed by atoms with E-state index in [1.165, 1.54) is 6.21 Å². The third kappa shape index (κ3) is 7.09. The maximum atomic E-state index is 12.5. The van der Waals surface area contributed by atoms with Crippen molar-refractivity contribution in [1.29, 1.82) is 0 Å². The lowest BCUT2D eigenvalue weighted by Crippen LogP contribution is -2.24. The average molecular weight is 463 g/mol. The number of esters is 1. The summed E-state index contributed by atoms with van der Waals surface area (Å²) in [6.07, 6.45) is 1.46. The van der Waals surface area contributed by atoms with E-state index in [0.717, 1.165) is 5.56 Å². The van der Waals surface area contributed by atoms with E-state index in [9.17, 15) is 9.59 Å². The van der Waals surface area contributed by atoms with Crippen LogP contribution in [0.25, 0.3) is 0 Å². The molecular formula is C26H26N2O6. The van der Waals surface area contributed by atoms with E-state index in [0.29, 0.717) is 35.0 Å². The largest absolute Gasteiger partial charge is 0.497 e. The fourth-order valence-electron chi connectivity index (χ4n) is 2.84. The zero-order valence-corrected chi connectivity index (χ0v) is 19.2. The van der Waals surface area contributed by atoms with Gasteiger partial charge in [-0.15, -0.1) is 0 Å². The Morgan fingerprint density at radius 2 is 1.62 bits per heavy atom. The Morgan fingerprint density at radius 3 is 2.29 bits per heavy atom. The number of ether oxygens (including phenoxy) is 4. The van der Waals surface area contributed by atoms with Crippen LogP contribution >= 0.6 is 0 Å². The molecular weight excluding hydrogens is 436 g/mol. The quantitative estimate of drug-likeness (QED) is 0.211. The molecule has 0 saturated heterocycles. The molecule has 0 atom stereocenters. The van der Waals surface area contributed by atoms with Gasteiger partial charge in [0.05, 0.1) is 25.5 Å². The molecule has 0 aliphatic heterocycles. The van der Waals surface area contributed by atoms with Gasteiger partial charge in [0.2, 0.25) is 0 Å². The zero-order chi connectivity index (χ0) is 24.3. The number of carbonyl (C=O) groups is 2. The second-order valence-electron chi connectivity index (χ2n) is 7.15. The highest BCUT2D eigenvalue weighted by Crippen LogP contribution is 2.29. The molecule has 0 aromatic heterocycles. The highest BCUT2D eigenvalue weighted by atomic mass is 16.6. The van der Waals surface area contributed by atoms with Crippen molar-refractivity contribution in [3.05, 3.63) is 83.4 Å². The van der Waals surface area contributed by atoms with Crippen LogP contribution in [0, 0.1) is 6.92 Å². The number of nitrogens with zero attached hydrogens (tertiary/aromatic N) is 1. The van der Waals surface area contributed by atoms with Crippen molar-refractivity contribution in [2.45, 2.75) is 13.8 Å². The number of methoxy groups -OCH3 is 1. The Balaban J connectivity index is 1.58. The molecule has 0 aliphatic rings. The molecule has 0 radical (unpaired) electrons. The SMILES string of the molecule is CCOc1cc(/C=N\NC(=O)COc2ccc(C)cc2)ccc1OC(=O)c1ccc(OC)cc1. The Hall–Kier alpha value is -4.33. The van der Waals surface area contributed by atoms with Crippen LogP contribution in [0.2, 0.25) is 0 Å². The van der Waals surface area contributed by atoms with Crippen LogP contribution in [0.1, 0.15) is 28.4 Å². The van der Waals surface area contributed by atoms with E-state index in [2.05, 4.69) is 10.5 Å². The standard InChI is InChI=1S/C26H26N2O6/c1-4-32-24-15-19(16-27-28-25(29)17-33-22-10-5-18(2)6-11-22)7-14-23(24)34-26(30)20-8-12-21(31-3)13-9-20/h5-16H,4,17H2,1-3H3,(H,28,29)/b27-16-. The minimum absolute atomic E-state index is 0.162. The molecule has 1 N–H and O–H groups in total. The van der Waals surface area contributed by atoms with Gasteiger partial charge in [-0.05, 0) is 74.0 Å². The summed E-state index contributed by atoms with van der Waals surface area (Å²) in [6, 6.07) is 19.0. The normalized spacial score (nSPS) is 10.6. The summed E-state index contributed by atoms with van der Waals surface area (Å²) in [5.41, 5.74) is 4.54. The van der Waals surface area contributed by atoms with Gasteiger partial charge in [0.15, 0.2) is 18.1 Å². The first-order valence-corrected chi connectivity index (χ1v) is 10.6. The van der Waals surface area contributed by atoms with Gasteiger partial charge in [0.1, 0.15) is 11.5 Å². The van der Waals surface area contributed by atoms with E-state index < -0.39 is 11.9 Å². The molecule has 8 nitrogen and oxygen atoms in total. The number of nitrogens with one attached hydrogen (secondary N) is 1. The third-order valence-corrected chi connectivity index (χ3v) is 4.59. The summed E-state index contributed by atoms with van der Waals surface area (Å²) in [5, 5.41) is 3.94. The van der Waals surface area contributed by atoms with Crippen molar-refractivity contribution in [3.63, 3.8) is 0 Å². The molecule has 0 bridgehead atoms. The van der Waals surface area contributed by atoms with Crippen LogP contribution in [-0.4, -0.2) is 38.4 Å². The molecule has 3 rings (SSSR count). The van der Waals surface area contributed by atoms with E-state index in [1.807, 2.05) is 26.0 Å². The monoisotopic (exact) mass is 462 g/mol. The minimum atomic E-state index is -0.522. The average Bonchev–Trinajstić information content (AvgIpc) is 2.85. The van der Waals surface area contributed by atoms with Gasteiger partial charge in [-0.1, -0.05) is 17.7 Å². The van der Waals surface area contributed by atoms with Crippen LogP contribution in [0.15, 0.2) is 71.8 Å². The predicted molar refractivity (Wildman–Crippen MR) is 128 cm³/mol. The van der Waals surface area contributed by atoms with Crippen LogP contribution in [0.5, 0.6) is 23.0 Å². The summed E-state index contributed by atoms with van der Waals surface area (Å²) < 4.78 is 21.6. The Kier molecular flexibility index (Phi) is 8.62. The highest BCUT2D eigenvalue weighted by molar-refractivity contribution is 5.92. The fraction of sp³-hybridized carbons (Fsp3) is 0.192. The maximum absolute atomic E-state index is 12.5. The van der Waals surface area contributed by atoms with Gasteiger partial charge in [0, 0.05) is 0 Å². The number of hydrogen-bond acceptors (Lipinski definition) is 7. The molecule has 0 aliphatic carbocycles. The summed E-state index contributed by atoms with van der Waals surface area (Å²) in [7, 11) is 1.55. The molecule has 3 aromatic carbocycles. The highest BCUT2D eigenvalue weighted by Gasteiger charge is 2.13. The number of carbonyl (C=O) groups excluding carboxylic acids is 2. The molecule has 0 heterocycles. The first kappa shape index (κ1) is 24.3. The van der Waals surface area contributed by atoms with Crippen molar-refractivity contribution in [1.82, 2.24) is 5.43 Å². The summed E-state index contributed by atoms with van der Waals surface area (Å²) in [5.74, 6) is 0.977. The van der Waals surface area contributed by atoms with E-state index >= 15 is 0 Å². The molecule has 176 valence electrons. The van der Waals surface area contributed by atoms with E-state index in [-0.39, 0.29) is 12.4 Å². The van der Waals surface area contributed by atoms with E-state index in [1.54, 1.807) is 61.7 Å². The van der Waals surface area contributed by atoms with Crippen LogP contribution in [0.3, 0.4) is 0 Å². The number of hydrogen-bond donors (Lipinski definition) is 1. The van der Waals surface area contributed by atoms with Crippen molar-refractivity contribution in [2.24, 2.45) is 5.10 Å². The Morgan fingerprint density at radius 1 is 0.912 bits per heavy atom. The number of benzene rings is 3. The zero-order valence-electron chi connectivity index (χ0n) is 19.2. The Bertz CT molecular complexity index is 1140. The molecule has 0 unspecified atom stereocenters. The van der Waals surface area contributed by atoms with Gasteiger partial charge in [-0.2, -0.15) is 5.10 Å². The van der Waals surface area contributed by atoms with Crippen molar-refractivity contribution in [2.75, 3.05) is 20.3 Å². The molecule has 0 fully saturated rings. The molecule has 8 heteroatoms. The van der Waals surface area contributed by atoms with E-state index in [4.69, 9.17) is 18.9 Å². The topological polar surface area (TPSA) is 95.5 Å². The summed E-state index contributed by atoms with van der Waals surface area (Å²) >= 11 is 0. The van der Waals surface area contributed by atoms with Gasteiger partial charge in [-0.3, -0.25) is 4.79 Å². The van der Waals surface area contributed by atoms with Gasteiger partial charge in [0.25, 0.3) is 5.91 Å². The number of aryl methyl sites for hydroxylation is 1. The van der Waals surface area contributed by atoms with Gasteiger partial charge < -0.3 is 18.9 Å². The summed E-state index contributed by atoms with van der Waals surface area (Å²) in [4.78, 5) is 24.4. The van der Waals surface area contributed by atoms with Crippen LogP contribution in [-0.2, 0) is 4.79 Å². The van der Waals surface area contributed by atoms with Crippen molar-refractivity contribution >= 4 is 18.1 Å². The number of rotatable bonds is 10. The number of hydrazone groups is 1. The first-order chi connectivity index (χ1) is 16.5. The lowest BCUT2D eigenvalue weighted by Gasteiger charge is -2.11. The molecule has 3 aromatic rings. The smallest absolute Gasteiger partial charge is 0.343 e. The first-order valence-electron chi connectivity index (χ1n) is 10.6. The second-order valence-corrected chi connectivity index (χ2v) is 7.15. The molecule has 34 heavy (non-hydrogen) atoms. The number of amides is 1. The Labute approximate surface area is 198 Å². The molecule has 0 saturated carbocycles. The van der Waals surface area contributed by atoms with Crippen molar-refractivity contribution < 1.29 is 28.5 Å². The van der Waals surface area contributed by atoms with Crippen molar-refractivity contribution in [3.8, 4) is 23.0 Å². The minimum Gasteiger partial charge on any atom is -0.497 e. The van der Waals surface area contributed by atoms with Gasteiger partial charge >= 0.3 is 5.97 Å². The lowest BCUT2D eigenvalue weighted by molar-refractivity contribution is -0.123. The fourth-order valence-corrected chi connectivity index (χ4v) is 2.84. The van der Waals surface area contributed by atoms with Gasteiger partial charge in [-0.25, -0.2) is 10.2 Å². The summed E-state index contributed by atoms with van der Waals surface area (Å²) in [6.45, 7) is 4.01. The lowest BCUT2D eigenvalue weighted by atomic mass is 10.2. The second kappa shape index (κ2) is 12.1. The molecule has 1 amide bonds. The predicted octanol–water partition coefficient (Wildman–Crippen LogP) is 4.15. The van der Waals surface area contributed by atoms with Crippen LogP contribution < -0.4 is 24.4 Å². The maximum Gasteiger partial charge on any atom is 0.343 e. The third-order valence-electron chi connectivity index (χ3n) is 4.59.